The second-order valence-electron chi connectivity index (χ2n) is 7.38. The minimum atomic E-state index is 1.10. The summed E-state index contributed by atoms with van der Waals surface area (Å²) in [6.45, 7) is 2.26. The smallest absolute Gasteiger partial charge is 0.00676 e. The van der Waals surface area contributed by atoms with Gasteiger partial charge in [-0.1, -0.05) is 110 Å². The van der Waals surface area contributed by atoms with E-state index in [4.69, 9.17) is 0 Å². The van der Waals surface area contributed by atoms with Crippen LogP contribution < -0.4 is 0 Å². The standard InChI is InChI=1S/C21H42S/c1-2-22-20-16-11-9-7-5-3-4-6-8-10-13-17-21-18-14-12-15-19-21/h21H,2-20H2,1H3. The molecule has 0 heterocycles. The molecular weight excluding hydrogens is 284 g/mol. The number of rotatable bonds is 15. The molecule has 1 aliphatic carbocycles. The third kappa shape index (κ3) is 12.9. The van der Waals surface area contributed by atoms with Gasteiger partial charge in [-0.25, -0.2) is 0 Å². The van der Waals surface area contributed by atoms with Gasteiger partial charge in [-0.05, 0) is 23.8 Å². The maximum absolute atomic E-state index is 2.26. The van der Waals surface area contributed by atoms with E-state index in [-0.39, 0.29) is 0 Å². The van der Waals surface area contributed by atoms with Gasteiger partial charge in [0.15, 0.2) is 0 Å². The van der Waals surface area contributed by atoms with Crippen LogP contribution in [0.4, 0.5) is 0 Å². The van der Waals surface area contributed by atoms with E-state index in [1.54, 1.807) is 0 Å². The predicted molar refractivity (Wildman–Crippen MR) is 105 cm³/mol. The monoisotopic (exact) mass is 326 g/mol. The van der Waals surface area contributed by atoms with Gasteiger partial charge in [0.25, 0.3) is 0 Å². The van der Waals surface area contributed by atoms with Crippen LogP contribution in [0.25, 0.3) is 0 Å². The maximum atomic E-state index is 2.26. The number of thioether (sulfide) groups is 1. The minimum Gasteiger partial charge on any atom is -0.162 e. The zero-order valence-corrected chi connectivity index (χ0v) is 16.2. The lowest BCUT2D eigenvalue weighted by atomic mass is 9.85. The normalized spacial score (nSPS) is 16.2. The van der Waals surface area contributed by atoms with E-state index in [2.05, 4.69) is 18.7 Å². The van der Waals surface area contributed by atoms with Crippen molar-refractivity contribution in [3.05, 3.63) is 0 Å². The van der Waals surface area contributed by atoms with Crippen LogP contribution in [0.5, 0.6) is 0 Å². The maximum Gasteiger partial charge on any atom is -0.00676 e. The van der Waals surface area contributed by atoms with Gasteiger partial charge in [0.1, 0.15) is 0 Å². The van der Waals surface area contributed by atoms with Crippen LogP contribution in [0, 0.1) is 5.92 Å². The summed E-state index contributed by atoms with van der Waals surface area (Å²) in [5.74, 6) is 3.78. The van der Waals surface area contributed by atoms with Crippen molar-refractivity contribution in [1.29, 1.82) is 0 Å². The van der Waals surface area contributed by atoms with Gasteiger partial charge in [-0.3, -0.25) is 0 Å². The van der Waals surface area contributed by atoms with Crippen LogP contribution in [0.3, 0.4) is 0 Å². The van der Waals surface area contributed by atoms with E-state index in [1.165, 1.54) is 121 Å². The molecule has 0 bridgehead atoms. The van der Waals surface area contributed by atoms with E-state index in [0.717, 1.165) is 5.92 Å². The van der Waals surface area contributed by atoms with Crippen molar-refractivity contribution >= 4 is 11.8 Å². The van der Waals surface area contributed by atoms with Gasteiger partial charge >= 0.3 is 0 Å². The third-order valence-corrected chi connectivity index (χ3v) is 6.32. The Labute approximate surface area is 145 Å². The first-order chi connectivity index (χ1) is 10.9. The van der Waals surface area contributed by atoms with Gasteiger partial charge in [0.05, 0.1) is 0 Å². The van der Waals surface area contributed by atoms with Crippen LogP contribution in [-0.2, 0) is 0 Å². The molecule has 0 N–H and O–H groups in total. The topological polar surface area (TPSA) is 0 Å². The van der Waals surface area contributed by atoms with Crippen LogP contribution in [0.2, 0.25) is 0 Å². The zero-order chi connectivity index (χ0) is 15.7. The summed E-state index contributed by atoms with van der Waals surface area (Å²) in [6, 6.07) is 0. The predicted octanol–water partition coefficient (Wildman–Crippen LogP) is 8.00. The number of hydrogen-bond acceptors (Lipinski definition) is 1. The lowest BCUT2D eigenvalue weighted by Crippen LogP contribution is -2.05. The summed E-state index contributed by atoms with van der Waals surface area (Å²) >= 11 is 2.10. The molecule has 22 heavy (non-hydrogen) atoms. The van der Waals surface area contributed by atoms with E-state index < -0.39 is 0 Å². The quantitative estimate of drug-likeness (QED) is 0.275. The molecule has 1 saturated carbocycles. The Hall–Kier alpha value is 0.350. The molecule has 0 saturated heterocycles. The van der Waals surface area contributed by atoms with Crippen molar-refractivity contribution in [2.45, 2.75) is 116 Å². The molecule has 0 aromatic rings. The highest BCUT2D eigenvalue weighted by atomic mass is 32.2. The summed E-state index contributed by atoms with van der Waals surface area (Å²) in [6.07, 6.45) is 25.5. The fraction of sp³-hybridized carbons (Fsp3) is 1.00. The molecule has 0 aliphatic heterocycles. The van der Waals surface area contributed by atoms with Crippen LogP contribution >= 0.6 is 11.8 Å². The fourth-order valence-corrected chi connectivity index (χ4v) is 4.55. The molecule has 0 amide bonds. The van der Waals surface area contributed by atoms with Crippen LogP contribution in [-0.4, -0.2) is 11.5 Å². The molecule has 1 heteroatoms. The van der Waals surface area contributed by atoms with Crippen LogP contribution in [0.15, 0.2) is 0 Å². The Balaban J connectivity index is 1.68. The van der Waals surface area contributed by atoms with E-state index >= 15 is 0 Å². The van der Waals surface area contributed by atoms with Crippen molar-refractivity contribution in [3.63, 3.8) is 0 Å². The molecule has 1 fully saturated rings. The SMILES string of the molecule is CCSCCCCCCCCCCCCCC1CCCCC1. The first-order valence-electron chi connectivity index (χ1n) is 10.5. The first kappa shape index (κ1) is 20.4. The molecule has 132 valence electrons. The van der Waals surface area contributed by atoms with Crippen molar-refractivity contribution in [2.24, 2.45) is 5.92 Å². The van der Waals surface area contributed by atoms with Gasteiger partial charge in [-0.15, -0.1) is 0 Å². The van der Waals surface area contributed by atoms with E-state index in [9.17, 15) is 0 Å². The Morgan fingerprint density at radius 2 is 1.14 bits per heavy atom. The molecule has 1 aliphatic rings. The Kier molecular flexibility index (Phi) is 15.0. The molecule has 0 aromatic carbocycles. The third-order valence-electron chi connectivity index (χ3n) is 5.33. The van der Waals surface area contributed by atoms with Gasteiger partial charge in [-0.2, -0.15) is 11.8 Å². The zero-order valence-electron chi connectivity index (χ0n) is 15.4. The molecule has 0 unspecified atom stereocenters. The van der Waals surface area contributed by atoms with Crippen molar-refractivity contribution in [1.82, 2.24) is 0 Å². The second kappa shape index (κ2) is 16.2. The van der Waals surface area contributed by atoms with Gasteiger partial charge < -0.3 is 0 Å². The van der Waals surface area contributed by atoms with Crippen molar-refractivity contribution in [3.8, 4) is 0 Å². The summed E-state index contributed by atoms with van der Waals surface area (Å²) < 4.78 is 0. The Morgan fingerprint density at radius 1 is 0.636 bits per heavy atom. The molecular formula is C21H42S. The van der Waals surface area contributed by atoms with E-state index in [0.29, 0.717) is 0 Å². The lowest BCUT2D eigenvalue weighted by molar-refractivity contribution is 0.328. The van der Waals surface area contributed by atoms with Gasteiger partial charge in [0, 0.05) is 0 Å². The van der Waals surface area contributed by atoms with Crippen LogP contribution in [0.1, 0.15) is 116 Å². The molecule has 0 nitrogen and oxygen atoms in total. The lowest BCUT2D eigenvalue weighted by Gasteiger charge is -2.21. The Bertz CT molecular complexity index is 208. The first-order valence-corrected chi connectivity index (χ1v) is 11.7. The molecule has 0 spiro atoms. The Morgan fingerprint density at radius 3 is 1.68 bits per heavy atom. The van der Waals surface area contributed by atoms with Crippen molar-refractivity contribution in [2.75, 3.05) is 11.5 Å². The highest BCUT2D eigenvalue weighted by molar-refractivity contribution is 7.99. The molecule has 0 radical (unpaired) electrons. The number of hydrogen-bond donors (Lipinski definition) is 0. The summed E-state index contributed by atoms with van der Waals surface area (Å²) in [4.78, 5) is 0. The highest BCUT2D eigenvalue weighted by Crippen LogP contribution is 2.28. The molecule has 0 aromatic heterocycles. The fourth-order valence-electron chi connectivity index (χ4n) is 3.85. The van der Waals surface area contributed by atoms with Gasteiger partial charge in [0.2, 0.25) is 0 Å². The summed E-state index contributed by atoms with van der Waals surface area (Å²) in [5.41, 5.74) is 0. The van der Waals surface area contributed by atoms with Crippen molar-refractivity contribution < 1.29 is 0 Å². The second-order valence-corrected chi connectivity index (χ2v) is 8.77. The minimum absolute atomic E-state index is 1.10. The molecule has 1 rings (SSSR count). The largest absolute Gasteiger partial charge is 0.162 e. The highest BCUT2D eigenvalue weighted by Gasteiger charge is 2.12. The summed E-state index contributed by atoms with van der Waals surface area (Å²) in [5, 5.41) is 0. The average molecular weight is 327 g/mol. The van der Waals surface area contributed by atoms with E-state index in [1.807, 2.05) is 0 Å². The molecule has 0 atom stereocenters. The summed E-state index contributed by atoms with van der Waals surface area (Å²) in [7, 11) is 0. The number of unbranched alkanes of at least 4 members (excludes halogenated alkanes) is 10. The average Bonchev–Trinajstić information content (AvgIpc) is 2.56.